The van der Waals surface area contributed by atoms with Gasteiger partial charge >= 0.3 is 0 Å². The molecule has 0 bridgehead atoms. The lowest BCUT2D eigenvalue weighted by atomic mass is 9.92. The third-order valence-electron chi connectivity index (χ3n) is 3.14. The molecule has 1 aromatic carbocycles. The van der Waals surface area contributed by atoms with Crippen molar-refractivity contribution in [2.45, 2.75) is 5.92 Å². The van der Waals surface area contributed by atoms with Crippen LogP contribution in [0, 0.1) is 0 Å². The number of thiophene rings is 1. The minimum atomic E-state index is 0.811. The average Bonchev–Trinajstić information content (AvgIpc) is 2.56. The number of benzene rings is 1. The molecule has 2 heterocycles. The summed E-state index contributed by atoms with van der Waals surface area (Å²) >= 11 is 1.88. The molecule has 0 aliphatic carbocycles. The van der Waals surface area contributed by atoms with Gasteiger partial charge in [0.1, 0.15) is 0 Å². The van der Waals surface area contributed by atoms with Crippen LogP contribution in [0.1, 0.15) is 11.5 Å². The summed E-state index contributed by atoms with van der Waals surface area (Å²) < 4.78 is 1.44. The largest absolute Gasteiger partial charge is 0.336 e. The van der Waals surface area contributed by atoms with Gasteiger partial charge in [-0.05, 0) is 22.4 Å². The van der Waals surface area contributed by atoms with Gasteiger partial charge < -0.3 is 4.90 Å². The molecule has 1 N–H and O–H groups in total. The Kier molecular flexibility index (Phi) is 1.85. The Balaban J connectivity index is 2.05. The van der Waals surface area contributed by atoms with Gasteiger partial charge in [-0.2, -0.15) is 0 Å². The maximum absolute atomic E-state index is 2.35. The molecule has 1 saturated heterocycles. The van der Waals surface area contributed by atoms with E-state index >= 15 is 0 Å². The van der Waals surface area contributed by atoms with E-state index in [0.29, 0.717) is 0 Å². The molecule has 3 rings (SSSR count). The summed E-state index contributed by atoms with van der Waals surface area (Å²) in [6, 6.07) is 8.75. The molecule has 2 aromatic rings. The van der Waals surface area contributed by atoms with E-state index < -0.39 is 0 Å². The van der Waals surface area contributed by atoms with E-state index in [9.17, 15) is 0 Å². The van der Waals surface area contributed by atoms with Crippen molar-refractivity contribution >= 4 is 21.4 Å². The number of nitrogens with one attached hydrogen (secondary N) is 1. The van der Waals surface area contributed by atoms with Crippen molar-refractivity contribution in [3.63, 3.8) is 0 Å². The maximum atomic E-state index is 2.35. The fourth-order valence-corrected chi connectivity index (χ4v) is 3.36. The Morgan fingerprint density at radius 2 is 2.07 bits per heavy atom. The van der Waals surface area contributed by atoms with Crippen LogP contribution < -0.4 is 4.90 Å². The topological polar surface area (TPSA) is 4.44 Å². The molecule has 1 aromatic heterocycles. The molecular formula is C12H14NS+. The van der Waals surface area contributed by atoms with E-state index in [0.717, 1.165) is 5.92 Å². The first-order valence-electron chi connectivity index (χ1n) is 5.12. The second kappa shape index (κ2) is 3.07. The lowest BCUT2D eigenvalue weighted by Gasteiger charge is -2.32. The first-order valence-corrected chi connectivity index (χ1v) is 6.00. The average molecular weight is 204 g/mol. The number of likely N-dealkylation sites (N-methyl/N-ethyl adjacent to an activating group) is 1. The summed E-state index contributed by atoms with van der Waals surface area (Å²) in [5.74, 6) is 0.811. The molecule has 0 saturated carbocycles. The zero-order valence-corrected chi connectivity index (χ0v) is 9.10. The molecule has 14 heavy (non-hydrogen) atoms. The predicted octanol–water partition coefficient (Wildman–Crippen LogP) is 1.51. The number of hydrogen-bond acceptors (Lipinski definition) is 1. The highest BCUT2D eigenvalue weighted by Crippen LogP contribution is 2.31. The van der Waals surface area contributed by atoms with Crippen molar-refractivity contribution in [2.24, 2.45) is 0 Å². The van der Waals surface area contributed by atoms with Crippen LogP contribution in [0.3, 0.4) is 0 Å². The lowest BCUT2D eigenvalue weighted by molar-refractivity contribution is -0.924. The highest BCUT2D eigenvalue weighted by atomic mass is 32.1. The summed E-state index contributed by atoms with van der Waals surface area (Å²) in [5.41, 5.74) is 1.58. The zero-order valence-electron chi connectivity index (χ0n) is 8.29. The van der Waals surface area contributed by atoms with Crippen LogP contribution in [-0.2, 0) is 0 Å². The van der Waals surface area contributed by atoms with E-state index in [2.05, 4.69) is 36.7 Å². The molecule has 2 heteroatoms. The normalized spacial score (nSPS) is 26.4. The number of likely N-dealkylation sites (tertiary alicyclic amines) is 1. The zero-order chi connectivity index (χ0) is 9.54. The predicted molar refractivity (Wildman–Crippen MR) is 61.2 cm³/mol. The van der Waals surface area contributed by atoms with Crippen molar-refractivity contribution < 1.29 is 4.90 Å². The Morgan fingerprint density at radius 3 is 2.86 bits per heavy atom. The van der Waals surface area contributed by atoms with Gasteiger partial charge in [-0.3, -0.25) is 0 Å². The van der Waals surface area contributed by atoms with Gasteiger partial charge in [-0.1, -0.05) is 18.2 Å². The van der Waals surface area contributed by atoms with Crippen LogP contribution in [0.5, 0.6) is 0 Å². The maximum Gasteiger partial charge on any atom is 0.0894 e. The van der Waals surface area contributed by atoms with Gasteiger partial charge in [-0.15, -0.1) is 11.3 Å². The van der Waals surface area contributed by atoms with Crippen LogP contribution in [0.15, 0.2) is 29.6 Å². The Bertz CT molecular complexity index is 454. The third-order valence-corrected chi connectivity index (χ3v) is 4.12. The van der Waals surface area contributed by atoms with Crippen LogP contribution >= 0.6 is 11.3 Å². The third kappa shape index (κ3) is 1.18. The SMILES string of the molecule is C[NH+]1CC(c2csc3ccccc23)C1. The summed E-state index contributed by atoms with van der Waals surface area (Å²) in [6.45, 7) is 2.61. The fraction of sp³-hybridized carbons (Fsp3) is 0.333. The van der Waals surface area contributed by atoms with E-state index in [1.165, 1.54) is 23.2 Å². The van der Waals surface area contributed by atoms with Gasteiger partial charge in [0.2, 0.25) is 0 Å². The van der Waals surface area contributed by atoms with Crippen LogP contribution in [0.25, 0.3) is 10.1 Å². The molecule has 72 valence electrons. The molecule has 0 radical (unpaired) electrons. The van der Waals surface area contributed by atoms with Crippen LogP contribution in [0.2, 0.25) is 0 Å². The van der Waals surface area contributed by atoms with Crippen molar-refractivity contribution in [3.8, 4) is 0 Å². The van der Waals surface area contributed by atoms with Crippen molar-refractivity contribution in [3.05, 3.63) is 35.2 Å². The molecule has 1 aliphatic heterocycles. The molecule has 0 spiro atoms. The Hall–Kier alpha value is -0.860. The van der Waals surface area contributed by atoms with E-state index in [1.54, 1.807) is 10.5 Å². The standard InChI is InChI=1S/C12H13NS/c1-13-6-9(7-13)11-8-14-12-5-3-2-4-10(11)12/h2-5,8-9H,6-7H2,1H3/p+1. The first kappa shape index (κ1) is 8.45. The second-order valence-electron chi connectivity index (χ2n) is 4.25. The summed E-state index contributed by atoms with van der Waals surface area (Å²) in [7, 11) is 2.27. The van der Waals surface area contributed by atoms with Crippen molar-refractivity contribution in [1.29, 1.82) is 0 Å². The Morgan fingerprint density at radius 1 is 1.29 bits per heavy atom. The van der Waals surface area contributed by atoms with Gasteiger partial charge in [0.25, 0.3) is 0 Å². The quantitative estimate of drug-likeness (QED) is 0.718. The van der Waals surface area contributed by atoms with Crippen LogP contribution in [-0.4, -0.2) is 20.1 Å². The number of fused-ring (bicyclic) bond motifs is 1. The highest BCUT2D eigenvalue weighted by Gasteiger charge is 2.31. The molecule has 1 aliphatic rings. The van der Waals surface area contributed by atoms with Gasteiger partial charge in [0.15, 0.2) is 0 Å². The second-order valence-corrected chi connectivity index (χ2v) is 5.16. The number of rotatable bonds is 1. The van der Waals surface area contributed by atoms with Gasteiger partial charge in [0, 0.05) is 4.70 Å². The highest BCUT2D eigenvalue weighted by molar-refractivity contribution is 7.17. The lowest BCUT2D eigenvalue weighted by Crippen LogP contribution is -3.16. The van der Waals surface area contributed by atoms with E-state index in [-0.39, 0.29) is 0 Å². The smallest absolute Gasteiger partial charge is 0.0894 e. The molecule has 1 fully saturated rings. The van der Waals surface area contributed by atoms with Crippen LogP contribution in [0.4, 0.5) is 0 Å². The van der Waals surface area contributed by atoms with E-state index in [4.69, 9.17) is 0 Å². The monoisotopic (exact) mass is 204 g/mol. The number of hydrogen-bond donors (Lipinski definition) is 1. The fourth-order valence-electron chi connectivity index (χ4n) is 2.32. The van der Waals surface area contributed by atoms with Crippen molar-refractivity contribution in [1.82, 2.24) is 0 Å². The summed E-state index contributed by atoms with van der Waals surface area (Å²) in [4.78, 5) is 1.66. The summed E-state index contributed by atoms with van der Waals surface area (Å²) in [5, 5.41) is 3.83. The molecule has 0 atom stereocenters. The van der Waals surface area contributed by atoms with E-state index in [1.807, 2.05) is 11.3 Å². The minimum Gasteiger partial charge on any atom is -0.336 e. The van der Waals surface area contributed by atoms with Gasteiger partial charge in [0.05, 0.1) is 26.1 Å². The van der Waals surface area contributed by atoms with Gasteiger partial charge in [-0.25, -0.2) is 0 Å². The molecule has 0 amide bonds. The molecule has 0 unspecified atom stereocenters. The van der Waals surface area contributed by atoms with Crippen molar-refractivity contribution in [2.75, 3.05) is 20.1 Å². The Labute approximate surface area is 88.0 Å². The minimum absolute atomic E-state index is 0.811. The molecule has 1 nitrogen and oxygen atoms in total. The number of quaternary nitrogens is 1. The summed E-state index contributed by atoms with van der Waals surface area (Å²) in [6.07, 6.45) is 0. The molecular weight excluding hydrogens is 190 g/mol. The first-order chi connectivity index (χ1) is 6.84.